The SMILES string of the molecule is NC(=O)C(=O)N1CCCC(N2CCN(Cc3ccc4c(c3)OCO4)CC2)C1. The Morgan fingerprint density at radius 2 is 1.85 bits per heavy atom. The Morgan fingerprint density at radius 3 is 2.63 bits per heavy atom. The van der Waals surface area contributed by atoms with E-state index in [4.69, 9.17) is 15.2 Å². The van der Waals surface area contributed by atoms with Crippen molar-refractivity contribution in [1.82, 2.24) is 14.7 Å². The van der Waals surface area contributed by atoms with Gasteiger partial charge in [-0.3, -0.25) is 19.4 Å². The zero-order valence-electron chi connectivity index (χ0n) is 15.4. The normalized spacial score (nSPS) is 23.4. The minimum atomic E-state index is -0.857. The third kappa shape index (κ3) is 4.01. The number of fused-ring (bicyclic) bond motifs is 1. The minimum Gasteiger partial charge on any atom is -0.454 e. The molecule has 1 aromatic carbocycles. The highest BCUT2D eigenvalue weighted by Gasteiger charge is 2.31. The molecule has 1 aromatic rings. The lowest BCUT2D eigenvalue weighted by atomic mass is 10.0. The van der Waals surface area contributed by atoms with Crippen LogP contribution >= 0.6 is 0 Å². The van der Waals surface area contributed by atoms with Gasteiger partial charge in [0.05, 0.1) is 0 Å². The lowest BCUT2D eigenvalue weighted by Crippen LogP contribution is -2.56. The van der Waals surface area contributed by atoms with Gasteiger partial charge in [-0.05, 0) is 30.5 Å². The molecule has 27 heavy (non-hydrogen) atoms. The number of carbonyl (C=O) groups is 2. The van der Waals surface area contributed by atoms with Gasteiger partial charge in [0.2, 0.25) is 6.79 Å². The van der Waals surface area contributed by atoms with Crippen molar-refractivity contribution in [1.29, 1.82) is 0 Å². The Bertz CT molecular complexity index is 718. The zero-order valence-corrected chi connectivity index (χ0v) is 15.4. The van der Waals surface area contributed by atoms with Crippen LogP contribution in [0.2, 0.25) is 0 Å². The smallest absolute Gasteiger partial charge is 0.311 e. The van der Waals surface area contributed by atoms with Gasteiger partial charge < -0.3 is 20.1 Å². The van der Waals surface area contributed by atoms with Gasteiger partial charge in [-0.15, -0.1) is 0 Å². The van der Waals surface area contributed by atoms with Gasteiger partial charge in [-0.1, -0.05) is 6.07 Å². The Hall–Kier alpha value is -2.32. The quantitative estimate of drug-likeness (QED) is 0.750. The fraction of sp³-hybridized carbons (Fsp3) is 0.579. The standard InChI is InChI=1S/C19H26N4O4/c20-18(24)19(25)23-5-1-2-15(12-23)22-8-6-21(7-9-22)11-14-3-4-16-17(10-14)27-13-26-16/h3-4,10,15H,1-2,5-9,11-13H2,(H2,20,24). The number of nitrogens with zero attached hydrogens (tertiary/aromatic N) is 3. The lowest BCUT2D eigenvalue weighted by molar-refractivity contribution is -0.145. The third-order valence-electron chi connectivity index (χ3n) is 5.66. The average molecular weight is 374 g/mol. The molecule has 2 N–H and O–H groups in total. The number of benzene rings is 1. The predicted octanol–water partition coefficient (Wildman–Crippen LogP) is 0.00920. The number of nitrogens with two attached hydrogens (primary N) is 1. The first-order valence-electron chi connectivity index (χ1n) is 9.54. The topological polar surface area (TPSA) is 88.3 Å². The van der Waals surface area contributed by atoms with Crippen LogP contribution in [-0.4, -0.2) is 78.6 Å². The second kappa shape index (κ2) is 7.74. The van der Waals surface area contributed by atoms with Gasteiger partial charge in [-0.25, -0.2) is 0 Å². The third-order valence-corrected chi connectivity index (χ3v) is 5.66. The Kier molecular flexibility index (Phi) is 5.18. The molecule has 8 heteroatoms. The molecule has 146 valence electrons. The van der Waals surface area contributed by atoms with E-state index in [1.807, 2.05) is 6.07 Å². The average Bonchev–Trinajstić information content (AvgIpc) is 3.16. The van der Waals surface area contributed by atoms with Crippen molar-refractivity contribution < 1.29 is 19.1 Å². The largest absolute Gasteiger partial charge is 0.454 e. The summed E-state index contributed by atoms with van der Waals surface area (Å²) in [5, 5.41) is 0. The van der Waals surface area contributed by atoms with E-state index in [2.05, 4.69) is 21.9 Å². The fourth-order valence-corrected chi connectivity index (χ4v) is 4.18. The van der Waals surface area contributed by atoms with Crippen LogP contribution in [0.1, 0.15) is 18.4 Å². The van der Waals surface area contributed by atoms with Crippen molar-refractivity contribution in [3.8, 4) is 11.5 Å². The highest BCUT2D eigenvalue weighted by molar-refractivity contribution is 6.34. The second-order valence-corrected chi connectivity index (χ2v) is 7.41. The molecule has 0 radical (unpaired) electrons. The van der Waals surface area contributed by atoms with Gasteiger partial charge in [0, 0.05) is 51.9 Å². The van der Waals surface area contributed by atoms with Gasteiger partial charge in [0.1, 0.15) is 0 Å². The number of rotatable bonds is 3. The van der Waals surface area contributed by atoms with E-state index in [-0.39, 0.29) is 0 Å². The number of primary amides is 1. The molecule has 0 aliphatic carbocycles. The van der Waals surface area contributed by atoms with Crippen LogP contribution in [0.5, 0.6) is 11.5 Å². The van der Waals surface area contributed by atoms with Crippen molar-refractivity contribution in [2.75, 3.05) is 46.1 Å². The number of ether oxygens (including phenoxy) is 2. The van der Waals surface area contributed by atoms with Crippen LogP contribution in [0.25, 0.3) is 0 Å². The maximum absolute atomic E-state index is 11.9. The summed E-state index contributed by atoms with van der Waals surface area (Å²) in [6.45, 7) is 6.31. The molecular formula is C19H26N4O4. The van der Waals surface area contributed by atoms with Crippen LogP contribution in [0.4, 0.5) is 0 Å². The van der Waals surface area contributed by atoms with Gasteiger partial charge >= 0.3 is 11.8 Å². The summed E-state index contributed by atoms with van der Waals surface area (Å²) in [7, 11) is 0. The number of amides is 2. The van der Waals surface area contributed by atoms with E-state index >= 15 is 0 Å². The van der Waals surface area contributed by atoms with E-state index in [9.17, 15) is 9.59 Å². The molecule has 3 aliphatic heterocycles. The van der Waals surface area contributed by atoms with Crippen LogP contribution in [-0.2, 0) is 16.1 Å². The molecule has 2 saturated heterocycles. The maximum Gasteiger partial charge on any atom is 0.311 e. The number of piperazine rings is 1. The first-order chi connectivity index (χ1) is 13.1. The highest BCUT2D eigenvalue weighted by atomic mass is 16.7. The molecule has 1 atom stereocenters. The second-order valence-electron chi connectivity index (χ2n) is 7.41. The summed E-state index contributed by atoms with van der Waals surface area (Å²) in [5.74, 6) is 0.230. The van der Waals surface area contributed by atoms with Crippen LogP contribution in [0.3, 0.4) is 0 Å². The zero-order chi connectivity index (χ0) is 18.8. The van der Waals surface area contributed by atoms with Crippen LogP contribution in [0, 0.1) is 0 Å². The summed E-state index contributed by atoms with van der Waals surface area (Å²) in [4.78, 5) is 29.5. The van der Waals surface area contributed by atoms with E-state index in [1.54, 1.807) is 4.90 Å². The van der Waals surface area contributed by atoms with Crippen molar-refractivity contribution in [2.24, 2.45) is 5.73 Å². The monoisotopic (exact) mass is 374 g/mol. The van der Waals surface area contributed by atoms with Gasteiger partial charge in [-0.2, -0.15) is 0 Å². The van der Waals surface area contributed by atoms with E-state index in [0.29, 0.717) is 25.9 Å². The van der Waals surface area contributed by atoms with Gasteiger partial charge in [0.15, 0.2) is 11.5 Å². The molecule has 0 saturated carbocycles. The summed E-state index contributed by atoms with van der Waals surface area (Å²) in [6, 6.07) is 6.44. The van der Waals surface area contributed by atoms with E-state index in [1.165, 1.54) is 5.56 Å². The van der Waals surface area contributed by atoms with Crippen molar-refractivity contribution in [3.05, 3.63) is 23.8 Å². The molecule has 3 aliphatic rings. The van der Waals surface area contributed by atoms with E-state index < -0.39 is 11.8 Å². The molecule has 2 amide bonds. The van der Waals surface area contributed by atoms with Crippen LogP contribution < -0.4 is 15.2 Å². The first-order valence-corrected chi connectivity index (χ1v) is 9.54. The fourth-order valence-electron chi connectivity index (χ4n) is 4.18. The lowest BCUT2D eigenvalue weighted by Gasteiger charge is -2.43. The first kappa shape index (κ1) is 18.1. The number of piperidine rings is 1. The number of carbonyl (C=O) groups excluding carboxylic acids is 2. The predicted molar refractivity (Wildman–Crippen MR) is 98.2 cm³/mol. The molecule has 0 aromatic heterocycles. The molecule has 4 rings (SSSR count). The molecule has 2 fully saturated rings. The number of hydrogen-bond donors (Lipinski definition) is 1. The molecule has 3 heterocycles. The molecular weight excluding hydrogens is 348 g/mol. The summed E-state index contributed by atoms with van der Waals surface area (Å²) in [5.41, 5.74) is 6.37. The summed E-state index contributed by atoms with van der Waals surface area (Å²) >= 11 is 0. The highest BCUT2D eigenvalue weighted by Crippen LogP contribution is 2.33. The maximum atomic E-state index is 11.9. The molecule has 0 bridgehead atoms. The van der Waals surface area contributed by atoms with Crippen LogP contribution in [0.15, 0.2) is 18.2 Å². The Morgan fingerprint density at radius 1 is 1.07 bits per heavy atom. The Balaban J connectivity index is 1.28. The summed E-state index contributed by atoms with van der Waals surface area (Å²) in [6.07, 6.45) is 1.98. The van der Waals surface area contributed by atoms with Crippen molar-refractivity contribution in [2.45, 2.75) is 25.4 Å². The number of likely N-dealkylation sites (tertiary alicyclic amines) is 1. The van der Waals surface area contributed by atoms with E-state index in [0.717, 1.165) is 57.1 Å². The number of hydrogen-bond acceptors (Lipinski definition) is 6. The van der Waals surface area contributed by atoms with Crippen molar-refractivity contribution >= 4 is 11.8 Å². The molecule has 1 unspecified atom stereocenters. The van der Waals surface area contributed by atoms with Gasteiger partial charge in [0.25, 0.3) is 0 Å². The minimum absolute atomic E-state index is 0.300. The molecule has 8 nitrogen and oxygen atoms in total. The summed E-state index contributed by atoms with van der Waals surface area (Å²) < 4.78 is 10.8. The van der Waals surface area contributed by atoms with Crippen molar-refractivity contribution in [3.63, 3.8) is 0 Å². The molecule has 0 spiro atoms. The Labute approximate surface area is 158 Å².